The Morgan fingerprint density at radius 3 is 2.20 bits per heavy atom. The Hall–Kier alpha value is -2.57. The fourth-order valence-electron chi connectivity index (χ4n) is 3.07. The molecule has 1 fully saturated rings. The molecule has 6 heteroatoms. The Morgan fingerprint density at radius 2 is 1.57 bits per heavy atom. The number of esters is 1. The smallest absolute Gasteiger partial charge is 0.343 e. The van der Waals surface area contributed by atoms with Gasteiger partial charge in [-0.25, -0.2) is 4.79 Å². The molecule has 0 aliphatic carbocycles. The minimum Gasteiger partial charge on any atom is -0.508 e. The fraction of sp³-hybridized carbons (Fsp3) is 0.458. The molecule has 30 heavy (non-hydrogen) atoms. The third kappa shape index (κ3) is 7.04. The van der Waals surface area contributed by atoms with Crippen molar-refractivity contribution in [1.82, 2.24) is 0 Å². The molecule has 3 rings (SSSR count). The van der Waals surface area contributed by atoms with Gasteiger partial charge in [0.1, 0.15) is 17.2 Å². The SMILES string of the molecule is CC1(COCCCCCCOc2ccc(C(=O)Oc3ccc(O)cc3)cc2)COC1. The van der Waals surface area contributed by atoms with Crippen molar-refractivity contribution in [2.75, 3.05) is 33.0 Å². The second-order valence-corrected chi connectivity index (χ2v) is 8.03. The summed E-state index contributed by atoms with van der Waals surface area (Å²) in [6, 6.07) is 12.9. The molecule has 0 aromatic heterocycles. The summed E-state index contributed by atoms with van der Waals surface area (Å²) in [7, 11) is 0. The van der Waals surface area contributed by atoms with Gasteiger partial charge in [-0.15, -0.1) is 0 Å². The van der Waals surface area contributed by atoms with Crippen LogP contribution in [0.15, 0.2) is 48.5 Å². The largest absolute Gasteiger partial charge is 0.508 e. The number of ether oxygens (including phenoxy) is 4. The molecule has 0 unspecified atom stereocenters. The van der Waals surface area contributed by atoms with Crippen molar-refractivity contribution >= 4 is 5.97 Å². The lowest BCUT2D eigenvalue weighted by Crippen LogP contribution is -2.43. The van der Waals surface area contributed by atoms with Gasteiger partial charge in [0.15, 0.2) is 0 Å². The molecule has 0 saturated carbocycles. The highest BCUT2D eigenvalue weighted by atomic mass is 16.5. The first-order valence-corrected chi connectivity index (χ1v) is 10.4. The van der Waals surface area contributed by atoms with Gasteiger partial charge in [-0.3, -0.25) is 0 Å². The summed E-state index contributed by atoms with van der Waals surface area (Å²) in [5, 5.41) is 9.26. The first kappa shape index (κ1) is 22.1. The Morgan fingerprint density at radius 1 is 0.933 bits per heavy atom. The maximum absolute atomic E-state index is 12.2. The van der Waals surface area contributed by atoms with Gasteiger partial charge < -0.3 is 24.1 Å². The molecule has 1 saturated heterocycles. The zero-order valence-corrected chi connectivity index (χ0v) is 17.5. The number of hydrogen-bond acceptors (Lipinski definition) is 6. The van der Waals surface area contributed by atoms with Crippen LogP contribution >= 0.6 is 0 Å². The molecule has 1 heterocycles. The Labute approximate surface area is 177 Å². The third-order valence-electron chi connectivity index (χ3n) is 4.94. The number of benzene rings is 2. The highest BCUT2D eigenvalue weighted by molar-refractivity contribution is 5.91. The molecule has 0 spiro atoms. The molecule has 1 aliphatic rings. The van der Waals surface area contributed by atoms with Gasteiger partial charge in [0.05, 0.1) is 32.0 Å². The van der Waals surface area contributed by atoms with E-state index >= 15 is 0 Å². The first-order chi connectivity index (χ1) is 14.5. The van der Waals surface area contributed by atoms with Gasteiger partial charge in [-0.05, 0) is 67.8 Å². The lowest BCUT2D eigenvalue weighted by atomic mass is 9.90. The van der Waals surface area contributed by atoms with Crippen molar-refractivity contribution in [2.24, 2.45) is 5.41 Å². The normalized spacial score (nSPS) is 14.7. The number of carbonyl (C=O) groups excluding carboxylic acids is 1. The van der Waals surface area contributed by atoms with Crippen LogP contribution in [0.5, 0.6) is 17.2 Å². The van der Waals surface area contributed by atoms with Gasteiger partial charge in [0.2, 0.25) is 0 Å². The van der Waals surface area contributed by atoms with Crippen LogP contribution in [0.4, 0.5) is 0 Å². The minimum atomic E-state index is -0.451. The second-order valence-electron chi connectivity index (χ2n) is 8.03. The van der Waals surface area contributed by atoms with Gasteiger partial charge in [-0.1, -0.05) is 13.3 Å². The fourth-order valence-corrected chi connectivity index (χ4v) is 3.07. The maximum atomic E-state index is 12.2. The van der Waals surface area contributed by atoms with E-state index in [1.165, 1.54) is 12.1 Å². The molecular formula is C24H30O6. The highest BCUT2D eigenvalue weighted by Gasteiger charge is 2.33. The minimum absolute atomic E-state index is 0.124. The average molecular weight is 414 g/mol. The van der Waals surface area contributed by atoms with E-state index in [-0.39, 0.29) is 11.2 Å². The molecular weight excluding hydrogens is 384 g/mol. The summed E-state index contributed by atoms with van der Waals surface area (Å²) in [4.78, 5) is 12.2. The number of phenolic OH excluding ortho intramolecular Hbond substituents is 1. The predicted octanol–water partition coefficient (Wildman–Crippen LogP) is 4.60. The number of carbonyl (C=O) groups is 1. The standard InChI is InChI=1S/C24H30O6/c1-24(17-28-18-24)16-27-14-4-2-3-5-15-29-21-10-6-19(7-11-21)23(26)30-22-12-8-20(25)9-13-22/h6-13,25H,2-5,14-18H2,1H3. The van der Waals surface area contributed by atoms with E-state index in [1.54, 1.807) is 36.4 Å². The van der Waals surface area contributed by atoms with Crippen molar-refractivity contribution in [1.29, 1.82) is 0 Å². The molecule has 2 aromatic rings. The summed E-state index contributed by atoms with van der Waals surface area (Å²) in [6.07, 6.45) is 4.27. The molecule has 162 valence electrons. The van der Waals surface area contributed by atoms with Crippen LogP contribution in [0.2, 0.25) is 0 Å². The molecule has 1 N–H and O–H groups in total. The number of hydrogen-bond donors (Lipinski definition) is 1. The predicted molar refractivity (Wildman–Crippen MR) is 113 cm³/mol. The summed E-state index contributed by atoms with van der Waals surface area (Å²) >= 11 is 0. The maximum Gasteiger partial charge on any atom is 0.343 e. The molecule has 0 radical (unpaired) electrons. The van der Waals surface area contributed by atoms with Gasteiger partial charge >= 0.3 is 5.97 Å². The molecule has 2 aromatic carbocycles. The molecule has 6 nitrogen and oxygen atoms in total. The van der Waals surface area contributed by atoms with Crippen molar-refractivity contribution in [3.63, 3.8) is 0 Å². The second kappa shape index (κ2) is 11.0. The Balaban J connectivity index is 1.25. The number of aromatic hydroxyl groups is 1. The van der Waals surface area contributed by atoms with E-state index < -0.39 is 5.97 Å². The number of phenols is 1. The van der Waals surface area contributed by atoms with Crippen LogP contribution in [-0.4, -0.2) is 44.1 Å². The van der Waals surface area contributed by atoms with Gasteiger partial charge in [-0.2, -0.15) is 0 Å². The summed E-state index contributed by atoms with van der Waals surface area (Å²) < 4.78 is 22.0. The zero-order chi connectivity index (χ0) is 21.2. The van der Waals surface area contributed by atoms with E-state index in [0.29, 0.717) is 17.9 Å². The van der Waals surface area contributed by atoms with Crippen LogP contribution in [-0.2, 0) is 9.47 Å². The molecule has 1 aliphatic heterocycles. The monoisotopic (exact) mass is 414 g/mol. The van der Waals surface area contributed by atoms with Crippen LogP contribution in [0.1, 0.15) is 43.0 Å². The van der Waals surface area contributed by atoms with Crippen molar-refractivity contribution in [3.8, 4) is 17.2 Å². The van der Waals surface area contributed by atoms with Gasteiger partial charge in [0, 0.05) is 12.0 Å². The highest BCUT2D eigenvalue weighted by Crippen LogP contribution is 2.26. The van der Waals surface area contributed by atoms with Crippen molar-refractivity contribution < 1.29 is 28.8 Å². The van der Waals surface area contributed by atoms with E-state index in [2.05, 4.69) is 6.92 Å². The van der Waals surface area contributed by atoms with Crippen molar-refractivity contribution in [3.05, 3.63) is 54.1 Å². The summed E-state index contributed by atoms with van der Waals surface area (Å²) in [6.45, 7) is 6.05. The van der Waals surface area contributed by atoms with Crippen LogP contribution in [0, 0.1) is 5.41 Å². The van der Waals surface area contributed by atoms with Gasteiger partial charge in [0.25, 0.3) is 0 Å². The number of rotatable bonds is 12. The molecule has 0 atom stereocenters. The van der Waals surface area contributed by atoms with Crippen LogP contribution < -0.4 is 9.47 Å². The van der Waals surface area contributed by atoms with Crippen LogP contribution in [0.3, 0.4) is 0 Å². The van der Waals surface area contributed by atoms with E-state index in [1.807, 2.05) is 0 Å². The van der Waals surface area contributed by atoms with E-state index in [4.69, 9.17) is 18.9 Å². The van der Waals surface area contributed by atoms with Crippen molar-refractivity contribution in [2.45, 2.75) is 32.6 Å². The lowest BCUT2D eigenvalue weighted by Gasteiger charge is -2.37. The number of unbranched alkanes of at least 4 members (excludes halogenated alkanes) is 3. The zero-order valence-electron chi connectivity index (χ0n) is 17.5. The van der Waals surface area contributed by atoms with E-state index in [0.717, 1.165) is 57.9 Å². The van der Waals surface area contributed by atoms with E-state index in [9.17, 15) is 9.90 Å². The first-order valence-electron chi connectivity index (χ1n) is 10.4. The molecule has 0 amide bonds. The Kier molecular flexibility index (Phi) is 8.11. The molecule has 0 bridgehead atoms. The van der Waals surface area contributed by atoms with Crippen LogP contribution in [0.25, 0.3) is 0 Å². The quantitative estimate of drug-likeness (QED) is 0.311. The Bertz CT molecular complexity index is 780. The lowest BCUT2D eigenvalue weighted by molar-refractivity contribution is -0.137. The third-order valence-corrected chi connectivity index (χ3v) is 4.94. The summed E-state index contributed by atoms with van der Waals surface area (Å²) in [5.74, 6) is 0.789. The summed E-state index contributed by atoms with van der Waals surface area (Å²) in [5.41, 5.74) is 0.670. The average Bonchev–Trinajstić information content (AvgIpc) is 2.73. The topological polar surface area (TPSA) is 74.2 Å².